The molecule has 0 saturated heterocycles. The van der Waals surface area contributed by atoms with Crippen LogP contribution in [-0.2, 0) is 6.61 Å². The van der Waals surface area contributed by atoms with Gasteiger partial charge in [-0.1, -0.05) is 29.3 Å². The maximum absolute atomic E-state index is 10.9. The highest BCUT2D eigenvalue weighted by molar-refractivity contribution is 6.42. The van der Waals surface area contributed by atoms with Gasteiger partial charge in [0, 0.05) is 0 Å². The summed E-state index contributed by atoms with van der Waals surface area (Å²) in [6.07, 6.45) is 1.62. The molecule has 0 aliphatic carbocycles. The summed E-state index contributed by atoms with van der Waals surface area (Å²) in [4.78, 5) is 10.9. The number of hydrazone groups is 1. The number of hydrogen-bond donors (Lipinski definition) is 2. The molecule has 0 aliphatic heterocycles. The molecule has 0 atom stereocenters. The second kappa shape index (κ2) is 10.0. The molecule has 0 amide bonds. The predicted octanol–water partition coefficient (Wildman–Crippen LogP) is 5.73. The van der Waals surface area contributed by atoms with Crippen LogP contribution in [0.15, 0.2) is 65.8 Å². The summed E-state index contributed by atoms with van der Waals surface area (Å²) in [5.74, 6) is 0.166. The molecule has 0 aromatic heterocycles. The van der Waals surface area contributed by atoms with E-state index in [0.29, 0.717) is 33.8 Å². The Morgan fingerprint density at radius 2 is 1.80 bits per heavy atom. The third-order valence-electron chi connectivity index (χ3n) is 4.11. The van der Waals surface area contributed by atoms with Gasteiger partial charge in [0.1, 0.15) is 6.61 Å². The van der Waals surface area contributed by atoms with E-state index in [2.05, 4.69) is 10.5 Å². The van der Waals surface area contributed by atoms with Crippen LogP contribution in [0.5, 0.6) is 11.5 Å². The number of benzene rings is 3. The van der Waals surface area contributed by atoms with E-state index in [0.717, 1.165) is 11.1 Å². The van der Waals surface area contributed by atoms with E-state index in [1.54, 1.807) is 49.7 Å². The smallest absolute Gasteiger partial charge is 0.335 e. The van der Waals surface area contributed by atoms with Crippen molar-refractivity contribution in [3.05, 3.63) is 87.4 Å². The van der Waals surface area contributed by atoms with Crippen molar-refractivity contribution in [3.8, 4) is 11.5 Å². The van der Waals surface area contributed by atoms with Gasteiger partial charge in [-0.25, -0.2) is 4.79 Å². The van der Waals surface area contributed by atoms with E-state index >= 15 is 0 Å². The van der Waals surface area contributed by atoms with Crippen molar-refractivity contribution in [3.63, 3.8) is 0 Å². The normalized spacial score (nSPS) is 10.8. The monoisotopic (exact) mass is 444 g/mol. The minimum absolute atomic E-state index is 0.212. The number of halogens is 2. The van der Waals surface area contributed by atoms with Crippen molar-refractivity contribution in [1.82, 2.24) is 0 Å². The molecule has 0 saturated carbocycles. The quantitative estimate of drug-likeness (QED) is 0.342. The largest absolute Gasteiger partial charge is 0.493 e. The number of carboxylic acids is 1. The molecule has 3 aromatic carbocycles. The lowest BCUT2D eigenvalue weighted by molar-refractivity contribution is 0.0697. The van der Waals surface area contributed by atoms with Crippen LogP contribution in [0, 0.1) is 0 Å². The second-order valence-corrected chi connectivity index (χ2v) is 7.01. The number of carboxylic acid groups (broad SMARTS) is 1. The number of aromatic carboxylic acids is 1. The zero-order valence-electron chi connectivity index (χ0n) is 15.9. The minimum atomic E-state index is -0.975. The van der Waals surface area contributed by atoms with Crippen molar-refractivity contribution >= 4 is 41.1 Å². The second-order valence-electron chi connectivity index (χ2n) is 6.20. The van der Waals surface area contributed by atoms with Crippen LogP contribution in [0.3, 0.4) is 0 Å². The van der Waals surface area contributed by atoms with E-state index in [-0.39, 0.29) is 5.56 Å². The zero-order valence-corrected chi connectivity index (χ0v) is 17.4. The standard InChI is InChI=1S/C22H18Cl2N2O4/c1-29-20-9-3-14(12-25-26-17-6-4-16(5-7-17)22(27)28)11-21(20)30-13-15-2-8-18(23)19(24)10-15/h2-12,26H,13H2,1H3,(H,27,28). The molecular weight excluding hydrogens is 427 g/mol. The number of nitrogens with zero attached hydrogens (tertiary/aromatic N) is 1. The Morgan fingerprint density at radius 3 is 2.47 bits per heavy atom. The Balaban J connectivity index is 1.67. The molecule has 0 spiro atoms. The SMILES string of the molecule is COc1ccc(C=NNc2ccc(C(=O)O)cc2)cc1OCc1ccc(Cl)c(Cl)c1. The van der Waals surface area contributed by atoms with Crippen LogP contribution in [0.1, 0.15) is 21.5 Å². The highest BCUT2D eigenvalue weighted by Gasteiger charge is 2.07. The number of methoxy groups -OCH3 is 1. The molecule has 30 heavy (non-hydrogen) atoms. The lowest BCUT2D eigenvalue weighted by Gasteiger charge is -2.12. The summed E-state index contributed by atoms with van der Waals surface area (Å²) in [5, 5.41) is 14.1. The summed E-state index contributed by atoms with van der Waals surface area (Å²) in [7, 11) is 1.57. The van der Waals surface area contributed by atoms with E-state index < -0.39 is 5.97 Å². The van der Waals surface area contributed by atoms with Gasteiger partial charge in [0.05, 0.1) is 34.6 Å². The maximum Gasteiger partial charge on any atom is 0.335 e. The maximum atomic E-state index is 10.9. The van der Waals surface area contributed by atoms with Crippen LogP contribution < -0.4 is 14.9 Å². The van der Waals surface area contributed by atoms with Gasteiger partial charge < -0.3 is 14.6 Å². The lowest BCUT2D eigenvalue weighted by Crippen LogP contribution is -1.99. The lowest BCUT2D eigenvalue weighted by atomic mass is 10.2. The fourth-order valence-corrected chi connectivity index (χ4v) is 2.87. The van der Waals surface area contributed by atoms with E-state index in [1.807, 2.05) is 12.1 Å². The molecule has 2 N–H and O–H groups in total. The predicted molar refractivity (Wildman–Crippen MR) is 118 cm³/mol. The molecule has 0 bridgehead atoms. The Labute approximate surface area is 183 Å². The van der Waals surface area contributed by atoms with Crippen molar-refractivity contribution < 1.29 is 19.4 Å². The Hall–Kier alpha value is -3.22. The van der Waals surface area contributed by atoms with Crippen molar-refractivity contribution in [1.29, 1.82) is 0 Å². The molecule has 3 aromatic rings. The first kappa shape index (κ1) is 21.5. The molecule has 0 aliphatic rings. The van der Waals surface area contributed by atoms with Gasteiger partial charge in [-0.05, 0) is 65.7 Å². The zero-order chi connectivity index (χ0) is 21.5. The molecule has 0 radical (unpaired) electrons. The molecule has 154 valence electrons. The summed E-state index contributed by atoms with van der Waals surface area (Å²) in [5.41, 5.74) is 5.39. The average Bonchev–Trinajstić information content (AvgIpc) is 2.75. The fraction of sp³-hybridized carbons (Fsp3) is 0.0909. The first-order valence-corrected chi connectivity index (χ1v) is 9.59. The molecule has 3 rings (SSSR count). The van der Waals surface area contributed by atoms with Crippen molar-refractivity contribution in [2.45, 2.75) is 6.61 Å². The van der Waals surface area contributed by atoms with Gasteiger partial charge in [-0.2, -0.15) is 5.10 Å². The first-order valence-electron chi connectivity index (χ1n) is 8.83. The highest BCUT2D eigenvalue weighted by Crippen LogP contribution is 2.29. The van der Waals surface area contributed by atoms with Gasteiger partial charge in [0.2, 0.25) is 0 Å². The third-order valence-corrected chi connectivity index (χ3v) is 4.84. The van der Waals surface area contributed by atoms with E-state index in [9.17, 15) is 4.79 Å². The summed E-state index contributed by atoms with van der Waals surface area (Å²) in [6, 6.07) is 17.0. The topological polar surface area (TPSA) is 80.2 Å². The van der Waals surface area contributed by atoms with Crippen molar-refractivity contribution in [2.24, 2.45) is 5.10 Å². The first-order chi connectivity index (χ1) is 14.5. The van der Waals surface area contributed by atoms with Gasteiger partial charge in [-0.3, -0.25) is 5.43 Å². The molecule has 8 heteroatoms. The molecule has 0 fully saturated rings. The third kappa shape index (κ3) is 5.65. The average molecular weight is 445 g/mol. The minimum Gasteiger partial charge on any atom is -0.493 e. The summed E-state index contributed by atoms with van der Waals surface area (Å²) in [6.45, 7) is 0.294. The van der Waals surface area contributed by atoms with Crippen LogP contribution in [0.25, 0.3) is 0 Å². The van der Waals surface area contributed by atoms with Gasteiger partial charge >= 0.3 is 5.97 Å². The Kier molecular flexibility index (Phi) is 7.17. The molecule has 0 heterocycles. The molecule has 0 unspecified atom stereocenters. The van der Waals surface area contributed by atoms with Crippen LogP contribution in [-0.4, -0.2) is 24.4 Å². The van der Waals surface area contributed by atoms with Crippen LogP contribution >= 0.6 is 23.2 Å². The number of ether oxygens (including phenoxy) is 2. The van der Waals surface area contributed by atoms with E-state index in [4.69, 9.17) is 37.8 Å². The van der Waals surface area contributed by atoms with Gasteiger partial charge in [0.15, 0.2) is 11.5 Å². The van der Waals surface area contributed by atoms with Crippen LogP contribution in [0.2, 0.25) is 10.0 Å². The van der Waals surface area contributed by atoms with Gasteiger partial charge in [-0.15, -0.1) is 0 Å². The summed E-state index contributed by atoms with van der Waals surface area (Å²) >= 11 is 12.0. The number of hydrogen-bond acceptors (Lipinski definition) is 5. The highest BCUT2D eigenvalue weighted by atomic mass is 35.5. The van der Waals surface area contributed by atoms with Crippen molar-refractivity contribution in [2.75, 3.05) is 12.5 Å². The van der Waals surface area contributed by atoms with Gasteiger partial charge in [0.25, 0.3) is 0 Å². The fourth-order valence-electron chi connectivity index (χ4n) is 2.55. The number of carbonyl (C=O) groups is 1. The number of rotatable bonds is 8. The van der Waals surface area contributed by atoms with E-state index in [1.165, 1.54) is 12.1 Å². The Bertz CT molecular complexity index is 1070. The number of anilines is 1. The molecule has 6 nitrogen and oxygen atoms in total. The van der Waals surface area contributed by atoms with Crippen LogP contribution in [0.4, 0.5) is 5.69 Å². The number of nitrogens with one attached hydrogen (secondary N) is 1. The molecular formula is C22H18Cl2N2O4. The summed E-state index contributed by atoms with van der Waals surface area (Å²) < 4.78 is 11.2. The Morgan fingerprint density at radius 1 is 1.03 bits per heavy atom.